The second-order valence-corrected chi connectivity index (χ2v) is 5.84. The van der Waals surface area contributed by atoms with E-state index < -0.39 is 0 Å². The van der Waals surface area contributed by atoms with Crippen molar-refractivity contribution >= 4 is 0 Å². The summed E-state index contributed by atoms with van der Waals surface area (Å²) in [5, 5.41) is 0. The standard InChI is InChI=1S/C17H20N2O2/c1-17(2,19(3)11-13-5-4-8-18-10-13)14-6-7-15-16(9-14)21-12-20-15/h4-10H,11-12H2,1-3H3. The zero-order chi connectivity index (χ0) is 14.9. The van der Waals surface area contributed by atoms with E-state index in [4.69, 9.17) is 9.47 Å². The largest absolute Gasteiger partial charge is 0.454 e. The van der Waals surface area contributed by atoms with E-state index in [0.29, 0.717) is 6.79 Å². The van der Waals surface area contributed by atoms with Gasteiger partial charge in [-0.15, -0.1) is 0 Å². The molecule has 1 aliphatic heterocycles. The van der Waals surface area contributed by atoms with Crippen LogP contribution in [-0.2, 0) is 12.1 Å². The SMILES string of the molecule is CN(Cc1cccnc1)C(C)(C)c1ccc2c(c1)OCO2. The van der Waals surface area contributed by atoms with Crippen LogP contribution >= 0.6 is 0 Å². The van der Waals surface area contributed by atoms with Crippen LogP contribution in [0, 0.1) is 0 Å². The molecule has 2 heterocycles. The number of pyridine rings is 1. The fourth-order valence-electron chi connectivity index (χ4n) is 2.46. The molecule has 1 aromatic heterocycles. The van der Waals surface area contributed by atoms with Crippen LogP contribution < -0.4 is 9.47 Å². The maximum atomic E-state index is 5.48. The van der Waals surface area contributed by atoms with E-state index >= 15 is 0 Å². The quantitative estimate of drug-likeness (QED) is 0.863. The van der Waals surface area contributed by atoms with Gasteiger partial charge in [-0.3, -0.25) is 9.88 Å². The van der Waals surface area contributed by atoms with Crippen LogP contribution in [0.25, 0.3) is 0 Å². The molecular formula is C17H20N2O2. The lowest BCUT2D eigenvalue weighted by atomic mass is 9.92. The summed E-state index contributed by atoms with van der Waals surface area (Å²) in [6.07, 6.45) is 3.71. The topological polar surface area (TPSA) is 34.6 Å². The van der Waals surface area contributed by atoms with E-state index in [1.165, 1.54) is 11.1 Å². The average molecular weight is 284 g/mol. The van der Waals surface area contributed by atoms with Gasteiger partial charge in [-0.25, -0.2) is 0 Å². The van der Waals surface area contributed by atoms with Crippen molar-refractivity contribution in [3.8, 4) is 11.5 Å². The second-order valence-electron chi connectivity index (χ2n) is 5.84. The first-order chi connectivity index (χ1) is 10.1. The summed E-state index contributed by atoms with van der Waals surface area (Å²) in [4.78, 5) is 6.48. The highest BCUT2D eigenvalue weighted by atomic mass is 16.7. The number of rotatable bonds is 4. The van der Waals surface area contributed by atoms with Crippen molar-refractivity contribution in [2.24, 2.45) is 0 Å². The van der Waals surface area contributed by atoms with Gasteiger partial charge in [0.1, 0.15) is 0 Å². The fourth-order valence-corrected chi connectivity index (χ4v) is 2.46. The summed E-state index contributed by atoms with van der Waals surface area (Å²) in [6.45, 7) is 5.57. The zero-order valence-electron chi connectivity index (χ0n) is 12.7. The molecule has 1 aliphatic rings. The Morgan fingerprint density at radius 1 is 1.19 bits per heavy atom. The Morgan fingerprint density at radius 3 is 2.76 bits per heavy atom. The van der Waals surface area contributed by atoms with Gasteiger partial charge in [0, 0.05) is 24.5 Å². The molecule has 0 bridgehead atoms. The third-order valence-corrected chi connectivity index (χ3v) is 4.18. The Kier molecular flexibility index (Phi) is 3.55. The van der Waals surface area contributed by atoms with E-state index in [2.05, 4.69) is 49.0 Å². The zero-order valence-corrected chi connectivity index (χ0v) is 12.7. The number of aromatic nitrogens is 1. The minimum absolute atomic E-state index is 0.114. The van der Waals surface area contributed by atoms with Gasteiger partial charge in [-0.1, -0.05) is 12.1 Å². The van der Waals surface area contributed by atoms with E-state index in [1.807, 2.05) is 18.3 Å². The Bertz CT molecular complexity index is 626. The Morgan fingerprint density at radius 2 is 2.00 bits per heavy atom. The first-order valence-electron chi connectivity index (χ1n) is 7.07. The molecule has 0 atom stereocenters. The summed E-state index contributed by atoms with van der Waals surface area (Å²) in [5.41, 5.74) is 2.29. The van der Waals surface area contributed by atoms with E-state index in [0.717, 1.165) is 18.0 Å². The monoisotopic (exact) mass is 284 g/mol. The van der Waals surface area contributed by atoms with Crippen LogP contribution in [0.5, 0.6) is 11.5 Å². The van der Waals surface area contributed by atoms with Gasteiger partial charge in [0.05, 0.1) is 0 Å². The van der Waals surface area contributed by atoms with Gasteiger partial charge in [-0.2, -0.15) is 0 Å². The van der Waals surface area contributed by atoms with Crippen molar-refractivity contribution in [2.75, 3.05) is 13.8 Å². The van der Waals surface area contributed by atoms with Crippen LogP contribution in [0.15, 0.2) is 42.7 Å². The molecule has 0 unspecified atom stereocenters. The number of fused-ring (bicyclic) bond motifs is 1. The van der Waals surface area contributed by atoms with Crippen LogP contribution in [0.4, 0.5) is 0 Å². The van der Waals surface area contributed by atoms with Gasteiger partial charge in [0.25, 0.3) is 0 Å². The van der Waals surface area contributed by atoms with E-state index in [9.17, 15) is 0 Å². The summed E-state index contributed by atoms with van der Waals surface area (Å²) in [7, 11) is 2.12. The van der Waals surface area contributed by atoms with Gasteiger partial charge < -0.3 is 9.47 Å². The van der Waals surface area contributed by atoms with Crippen molar-refractivity contribution in [2.45, 2.75) is 25.9 Å². The van der Waals surface area contributed by atoms with E-state index in [1.54, 1.807) is 6.20 Å². The first-order valence-corrected chi connectivity index (χ1v) is 7.07. The molecule has 110 valence electrons. The lowest BCUT2D eigenvalue weighted by Crippen LogP contribution is -2.38. The first kappa shape index (κ1) is 13.9. The average Bonchev–Trinajstić information content (AvgIpc) is 2.95. The molecule has 0 fully saturated rings. The maximum Gasteiger partial charge on any atom is 0.231 e. The second kappa shape index (κ2) is 5.37. The molecule has 0 saturated heterocycles. The molecule has 4 heteroatoms. The smallest absolute Gasteiger partial charge is 0.231 e. The Labute approximate surface area is 125 Å². The highest BCUT2D eigenvalue weighted by Gasteiger charge is 2.28. The number of nitrogens with zero attached hydrogens (tertiary/aromatic N) is 2. The molecule has 0 aliphatic carbocycles. The molecule has 0 amide bonds. The predicted octanol–water partition coefficient (Wildman–Crippen LogP) is 3.18. The molecule has 1 aromatic carbocycles. The fraction of sp³-hybridized carbons (Fsp3) is 0.353. The summed E-state index contributed by atoms with van der Waals surface area (Å²) >= 11 is 0. The number of ether oxygens (including phenoxy) is 2. The van der Waals surface area contributed by atoms with Crippen LogP contribution in [0.3, 0.4) is 0 Å². The molecule has 0 saturated carbocycles. The molecule has 0 N–H and O–H groups in total. The maximum absolute atomic E-state index is 5.48. The van der Waals surface area contributed by atoms with Crippen LogP contribution in [0.2, 0.25) is 0 Å². The van der Waals surface area contributed by atoms with Crippen molar-refractivity contribution < 1.29 is 9.47 Å². The van der Waals surface area contributed by atoms with Crippen molar-refractivity contribution in [3.63, 3.8) is 0 Å². The third kappa shape index (κ3) is 2.72. The van der Waals surface area contributed by atoms with Crippen molar-refractivity contribution in [3.05, 3.63) is 53.9 Å². The summed E-state index contributed by atoms with van der Waals surface area (Å²) < 4.78 is 10.9. The molecule has 4 nitrogen and oxygen atoms in total. The molecule has 2 aromatic rings. The highest BCUT2D eigenvalue weighted by Crippen LogP contribution is 2.37. The molecule has 3 rings (SSSR count). The van der Waals surface area contributed by atoms with Gasteiger partial charge in [0.2, 0.25) is 6.79 Å². The molecule has 0 radical (unpaired) electrons. The normalized spacial score (nSPS) is 13.7. The predicted molar refractivity (Wildman–Crippen MR) is 81.3 cm³/mol. The van der Waals surface area contributed by atoms with Crippen molar-refractivity contribution in [1.29, 1.82) is 0 Å². The lowest BCUT2D eigenvalue weighted by molar-refractivity contribution is 0.147. The van der Waals surface area contributed by atoms with E-state index in [-0.39, 0.29) is 5.54 Å². The van der Waals surface area contributed by atoms with Crippen molar-refractivity contribution in [1.82, 2.24) is 9.88 Å². The minimum atomic E-state index is -0.114. The Balaban J connectivity index is 1.82. The van der Waals surface area contributed by atoms with Crippen LogP contribution in [0.1, 0.15) is 25.0 Å². The van der Waals surface area contributed by atoms with Crippen LogP contribution in [-0.4, -0.2) is 23.7 Å². The van der Waals surface area contributed by atoms with Gasteiger partial charge >= 0.3 is 0 Å². The lowest BCUT2D eigenvalue weighted by Gasteiger charge is -2.36. The number of hydrogen-bond donors (Lipinski definition) is 0. The number of hydrogen-bond acceptors (Lipinski definition) is 4. The molecular weight excluding hydrogens is 264 g/mol. The summed E-state index contributed by atoms with van der Waals surface area (Å²) in [6, 6.07) is 10.2. The number of benzene rings is 1. The third-order valence-electron chi connectivity index (χ3n) is 4.18. The molecule has 21 heavy (non-hydrogen) atoms. The van der Waals surface area contributed by atoms with Gasteiger partial charge in [-0.05, 0) is 50.2 Å². The van der Waals surface area contributed by atoms with Gasteiger partial charge in [0.15, 0.2) is 11.5 Å². The summed E-state index contributed by atoms with van der Waals surface area (Å²) in [5.74, 6) is 1.65. The minimum Gasteiger partial charge on any atom is -0.454 e. The Hall–Kier alpha value is -2.07. The highest BCUT2D eigenvalue weighted by molar-refractivity contribution is 5.46. The molecule has 0 spiro atoms.